The van der Waals surface area contributed by atoms with Crippen LogP contribution in [0.4, 0.5) is 14.9 Å². The second-order valence-corrected chi connectivity index (χ2v) is 6.96. The zero-order valence-electron chi connectivity index (χ0n) is 16.3. The van der Waals surface area contributed by atoms with Crippen LogP contribution in [-0.4, -0.2) is 24.1 Å². The molecule has 0 radical (unpaired) electrons. The molecule has 1 N–H and O–H groups in total. The fraction of sp³-hybridized carbons (Fsp3) is 0.208. The third kappa shape index (κ3) is 3.94. The molecule has 148 valence electrons. The molecule has 4 rings (SSSR count). The Kier molecular flexibility index (Phi) is 5.47. The quantitative estimate of drug-likeness (QED) is 0.648. The van der Waals surface area contributed by atoms with Crippen molar-refractivity contribution < 1.29 is 13.9 Å². The first-order valence-corrected chi connectivity index (χ1v) is 9.80. The Labute approximate surface area is 169 Å². The van der Waals surface area contributed by atoms with Gasteiger partial charge < -0.3 is 15.0 Å². The van der Waals surface area contributed by atoms with Crippen LogP contribution in [0.25, 0.3) is 0 Å². The molecule has 4 nitrogen and oxygen atoms in total. The van der Waals surface area contributed by atoms with Crippen LogP contribution in [-0.2, 0) is 6.42 Å². The summed E-state index contributed by atoms with van der Waals surface area (Å²) in [6.45, 7) is 2.99. The van der Waals surface area contributed by atoms with Crippen molar-refractivity contribution in [3.05, 3.63) is 95.3 Å². The van der Waals surface area contributed by atoms with E-state index >= 15 is 0 Å². The minimum Gasteiger partial charge on any atom is -0.492 e. The number of amides is 2. The number of nitrogens with one attached hydrogen (secondary N) is 1. The average Bonchev–Trinajstić information content (AvgIpc) is 2.75. The number of hydrogen-bond acceptors (Lipinski definition) is 2. The Balaban J connectivity index is 1.68. The van der Waals surface area contributed by atoms with Gasteiger partial charge in [-0.05, 0) is 54.3 Å². The van der Waals surface area contributed by atoms with Crippen molar-refractivity contribution >= 4 is 11.7 Å². The van der Waals surface area contributed by atoms with E-state index in [1.54, 1.807) is 17.0 Å². The molecule has 0 unspecified atom stereocenters. The highest BCUT2D eigenvalue weighted by Crippen LogP contribution is 2.36. The van der Waals surface area contributed by atoms with Crippen molar-refractivity contribution in [3.8, 4) is 5.75 Å². The maximum absolute atomic E-state index is 13.5. The fourth-order valence-corrected chi connectivity index (χ4v) is 3.83. The summed E-state index contributed by atoms with van der Waals surface area (Å²) < 4.78 is 19.1. The summed E-state index contributed by atoms with van der Waals surface area (Å²) in [4.78, 5) is 15.1. The minimum atomic E-state index is -0.292. The number of rotatable bonds is 4. The largest absolute Gasteiger partial charge is 0.492 e. The summed E-state index contributed by atoms with van der Waals surface area (Å²) in [5.41, 5.74) is 3.79. The maximum atomic E-state index is 13.5. The first-order chi connectivity index (χ1) is 14.2. The predicted molar refractivity (Wildman–Crippen MR) is 112 cm³/mol. The number of ether oxygens (including phenoxy) is 1. The van der Waals surface area contributed by atoms with Crippen molar-refractivity contribution in [1.29, 1.82) is 0 Å². The van der Waals surface area contributed by atoms with Crippen molar-refractivity contribution in [2.24, 2.45) is 0 Å². The highest BCUT2D eigenvalue weighted by atomic mass is 19.1. The molecule has 2 amide bonds. The molecule has 1 heterocycles. The zero-order valence-corrected chi connectivity index (χ0v) is 16.3. The molecule has 0 bridgehead atoms. The van der Waals surface area contributed by atoms with Gasteiger partial charge in [0.15, 0.2) is 0 Å². The summed E-state index contributed by atoms with van der Waals surface area (Å²) >= 11 is 0. The van der Waals surface area contributed by atoms with E-state index in [9.17, 15) is 9.18 Å². The van der Waals surface area contributed by atoms with Crippen LogP contribution in [0, 0.1) is 5.82 Å². The first-order valence-electron chi connectivity index (χ1n) is 9.80. The number of hydrogen-bond donors (Lipinski definition) is 1. The zero-order chi connectivity index (χ0) is 20.2. The normalized spacial score (nSPS) is 15.5. The Hall–Kier alpha value is -3.34. The van der Waals surface area contributed by atoms with E-state index in [1.807, 2.05) is 49.4 Å². The third-order valence-corrected chi connectivity index (χ3v) is 5.16. The Morgan fingerprint density at radius 3 is 2.59 bits per heavy atom. The second-order valence-electron chi connectivity index (χ2n) is 6.96. The van der Waals surface area contributed by atoms with E-state index in [0.717, 1.165) is 17.5 Å². The van der Waals surface area contributed by atoms with Crippen molar-refractivity contribution in [2.45, 2.75) is 19.4 Å². The van der Waals surface area contributed by atoms with Gasteiger partial charge in [0, 0.05) is 6.54 Å². The van der Waals surface area contributed by atoms with Gasteiger partial charge in [0.1, 0.15) is 11.6 Å². The lowest BCUT2D eigenvalue weighted by atomic mass is 9.88. The van der Waals surface area contributed by atoms with E-state index in [1.165, 1.54) is 17.7 Å². The van der Waals surface area contributed by atoms with E-state index < -0.39 is 0 Å². The first kappa shape index (κ1) is 19.0. The summed E-state index contributed by atoms with van der Waals surface area (Å²) in [5.74, 6) is 0.346. The van der Waals surface area contributed by atoms with Crippen molar-refractivity contribution in [1.82, 2.24) is 4.90 Å². The Bertz CT molecular complexity index is 1000. The van der Waals surface area contributed by atoms with Gasteiger partial charge in [0.2, 0.25) is 0 Å². The van der Waals surface area contributed by atoms with Gasteiger partial charge in [-0.2, -0.15) is 0 Å². The van der Waals surface area contributed by atoms with E-state index in [4.69, 9.17) is 4.74 Å². The minimum absolute atomic E-state index is 0.207. The monoisotopic (exact) mass is 390 g/mol. The molecule has 5 heteroatoms. The molecule has 0 aliphatic carbocycles. The molecule has 0 spiro atoms. The third-order valence-electron chi connectivity index (χ3n) is 5.16. The number of benzene rings is 3. The predicted octanol–water partition coefficient (Wildman–Crippen LogP) is 5.40. The van der Waals surface area contributed by atoms with Gasteiger partial charge in [0.25, 0.3) is 0 Å². The molecule has 0 saturated carbocycles. The topological polar surface area (TPSA) is 41.6 Å². The summed E-state index contributed by atoms with van der Waals surface area (Å²) in [5, 5.41) is 2.99. The number of fused-ring (bicyclic) bond motifs is 1. The van der Waals surface area contributed by atoms with E-state index in [0.29, 0.717) is 24.6 Å². The van der Waals surface area contributed by atoms with Crippen LogP contribution < -0.4 is 10.1 Å². The second kappa shape index (κ2) is 8.35. The highest BCUT2D eigenvalue weighted by Gasteiger charge is 2.32. The molecule has 3 aromatic rings. The molecule has 0 saturated heterocycles. The van der Waals surface area contributed by atoms with Gasteiger partial charge in [-0.3, -0.25) is 0 Å². The number of carbonyl (C=O) groups is 1. The van der Waals surface area contributed by atoms with Crippen LogP contribution in [0.1, 0.15) is 29.7 Å². The van der Waals surface area contributed by atoms with Gasteiger partial charge in [-0.15, -0.1) is 0 Å². The van der Waals surface area contributed by atoms with Crippen LogP contribution in [0.15, 0.2) is 72.8 Å². The number of nitrogens with zero attached hydrogens (tertiary/aromatic N) is 1. The summed E-state index contributed by atoms with van der Waals surface area (Å²) in [6, 6.07) is 21.4. The lowest BCUT2D eigenvalue weighted by molar-refractivity contribution is 0.194. The number of anilines is 1. The van der Waals surface area contributed by atoms with Crippen LogP contribution >= 0.6 is 0 Å². The van der Waals surface area contributed by atoms with E-state index in [-0.39, 0.29) is 17.9 Å². The highest BCUT2D eigenvalue weighted by molar-refractivity contribution is 5.91. The summed E-state index contributed by atoms with van der Waals surface area (Å²) in [7, 11) is 0. The van der Waals surface area contributed by atoms with Crippen LogP contribution in [0.5, 0.6) is 5.75 Å². The molecule has 0 fully saturated rings. The van der Waals surface area contributed by atoms with Crippen LogP contribution in [0.2, 0.25) is 0 Å². The smallest absolute Gasteiger partial charge is 0.322 e. The fourth-order valence-electron chi connectivity index (χ4n) is 3.83. The van der Waals surface area contributed by atoms with Gasteiger partial charge >= 0.3 is 6.03 Å². The van der Waals surface area contributed by atoms with Crippen LogP contribution in [0.3, 0.4) is 0 Å². The molecule has 1 aliphatic heterocycles. The van der Waals surface area contributed by atoms with E-state index in [2.05, 4.69) is 11.4 Å². The number of halogens is 1. The molecular formula is C24H23FN2O2. The number of urea groups is 1. The average molecular weight is 390 g/mol. The SMILES string of the molecule is CCOc1ccccc1NC(=O)N1CCc2ccccc2[C@@H]1c1ccc(F)cc1. The lowest BCUT2D eigenvalue weighted by Gasteiger charge is -2.37. The Morgan fingerprint density at radius 2 is 1.79 bits per heavy atom. The molecule has 3 aromatic carbocycles. The molecule has 1 atom stereocenters. The Morgan fingerprint density at radius 1 is 1.07 bits per heavy atom. The number of para-hydroxylation sites is 2. The maximum Gasteiger partial charge on any atom is 0.322 e. The van der Waals surface area contributed by atoms with Crippen molar-refractivity contribution in [2.75, 3.05) is 18.5 Å². The van der Waals surface area contributed by atoms with Crippen molar-refractivity contribution in [3.63, 3.8) is 0 Å². The lowest BCUT2D eigenvalue weighted by Crippen LogP contribution is -2.43. The molecule has 1 aliphatic rings. The summed E-state index contributed by atoms with van der Waals surface area (Å²) in [6.07, 6.45) is 0.772. The van der Waals surface area contributed by atoms with Gasteiger partial charge in [0.05, 0.1) is 18.3 Å². The number of carbonyl (C=O) groups excluding carboxylic acids is 1. The molecule has 0 aromatic heterocycles. The molecular weight excluding hydrogens is 367 g/mol. The van der Waals surface area contributed by atoms with Gasteiger partial charge in [-0.1, -0.05) is 48.5 Å². The standard InChI is InChI=1S/C24H23FN2O2/c1-2-29-22-10-6-5-9-21(22)26-24(28)27-16-15-17-7-3-4-8-20(17)23(27)18-11-13-19(25)14-12-18/h3-14,23H,2,15-16H2,1H3,(H,26,28)/t23-/m0/s1. The molecule has 29 heavy (non-hydrogen) atoms. The van der Waals surface area contributed by atoms with Gasteiger partial charge in [-0.25, -0.2) is 9.18 Å².